The largest absolute Gasteiger partial charge is 0.489 e. The second-order valence-corrected chi connectivity index (χ2v) is 4.72. The molecule has 0 saturated carbocycles. The number of primary amides is 1. The lowest BCUT2D eigenvalue weighted by molar-refractivity contribution is -0.386. The van der Waals surface area contributed by atoms with Gasteiger partial charge in [-0.1, -0.05) is 0 Å². The summed E-state index contributed by atoms with van der Waals surface area (Å²) in [5.74, 6) is -1.57. The number of nitro groups is 1. The highest BCUT2D eigenvalue weighted by Gasteiger charge is 2.27. The van der Waals surface area contributed by atoms with Crippen LogP contribution in [-0.4, -0.2) is 26.4 Å². The first-order chi connectivity index (χ1) is 8.18. The summed E-state index contributed by atoms with van der Waals surface area (Å²) in [5, 5.41) is 15.7. The highest BCUT2D eigenvalue weighted by Crippen LogP contribution is 2.34. The Labute approximate surface area is 102 Å². The van der Waals surface area contributed by atoms with Gasteiger partial charge < -0.3 is 10.5 Å². The van der Waals surface area contributed by atoms with Gasteiger partial charge in [0.25, 0.3) is 0 Å². The molecule has 0 aromatic heterocycles. The summed E-state index contributed by atoms with van der Waals surface area (Å²) in [5.41, 5.74) is 3.88. The van der Waals surface area contributed by atoms with Crippen LogP contribution in [0.25, 0.3) is 0 Å². The Morgan fingerprint density at radius 1 is 1.44 bits per heavy atom. The number of nitrogens with two attached hydrogens (primary N) is 2. The summed E-state index contributed by atoms with van der Waals surface area (Å²) in [6, 6.07) is 1.64. The number of primary sulfonamides is 1. The van der Waals surface area contributed by atoms with Gasteiger partial charge in [0.1, 0.15) is 4.90 Å². The minimum atomic E-state index is -4.29. The molecule has 0 saturated heterocycles. The van der Waals surface area contributed by atoms with Crippen LogP contribution in [0.5, 0.6) is 5.75 Å². The predicted octanol–water partition coefficient (Wildman–Crippen LogP) is -0.650. The van der Waals surface area contributed by atoms with Gasteiger partial charge in [-0.05, 0) is 6.07 Å². The van der Waals surface area contributed by atoms with Crippen LogP contribution >= 0.6 is 0 Å². The number of hydrogen-bond donors (Lipinski definition) is 2. The van der Waals surface area contributed by atoms with Crippen molar-refractivity contribution in [2.24, 2.45) is 10.9 Å². The average molecular weight is 275 g/mol. The Balaban J connectivity index is 3.78. The molecule has 0 fully saturated rings. The van der Waals surface area contributed by atoms with Gasteiger partial charge in [0.15, 0.2) is 0 Å². The third-order valence-electron chi connectivity index (χ3n) is 2.03. The van der Waals surface area contributed by atoms with Crippen LogP contribution in [0.2, 0.25) is 0 Å². The molecule has 18 heavy (non-hydrogen) atoms. The zero-order valence-electron chi connectivity index (χ0n) is 9.11. The molecule has 1 aromatic carbocycles. The van der Waals surface area contributed by atoms with Gasteiger partial charge in [-0.3, -0.25) is 14.9 Å². The molecule has 4 N–H and O–H groups in total. The number of ether oxygens (including phenoxy) is 1. The summed E-state index contributed by atoms with van der Waals surface area (Å²) in [7, 11) is -3.25. The molecule has 0 atom stereocenters. The van der Waals surface area contributed by atoms with Crippen molar-refractivity contribution in [1.82, 2.24) is 0 Å². The van der Waals surface area contributed by atoms with Gasteiger partial charge in [0.2, 0.25) is 21.7 Å². The Kier molecular flexibility index (Phi) is 3.53. The van der Waals surface area contributed by atoms with Crippen LogP contribution in [0, 0.1) is 10.1 Å². The highest BCUT2D eigenvalue weighted by atomic mass is 32.2. The number of nitro benzene ring substituents is 1. The van der Waals surface area contributed by atoms with Crippen LogP contribution in [0.1, 0.15) is 10.4 Å². The number of carbonyl (C=O) groups excluding carboxylic acids is 1. The van der Waals surface area contributed by atoms with Crippen LogP contribution < -0.4 is 15.6 Å². The maximum atomic E-state index is 11.3. The lowest BCUT2D eigenvalue weighted by Crippen LogP contribution is -2.17. The van der Waals surface area contributed by atoms with Crippen molar-refractivity contribution >= 4 is 21.6 Å². The fourth-order valence-corrected chi connectivity index (χ4v) is 2.02. The second-order valence-electron chi connectivity index (χ2n) is 3.19. The monoisotopic (exact) mass is 275 g/mol. The minimum Gasteiger partial charge on any atom is -0.489 e. The van der Waals surface area contributed by atoms with Gasteiger partial charge in [0, 0.05) is 11.6 Å². The van der Waals surface area contributed by atoms with Crippen LogP contribution in [0.3, 0.4) is 0 Å². The number of hydrogen-bond acceptors (Lipinski definition) is 6. The molecule has 0 spiro atoms. The average Bonchev–Trinajstić information content (AvgIpc) is 2.25. The third-order valence-corrected chi connectivity index (χ3v) is 2.94. The standard InChI is InChI=1S/C8H9N3O6S/c1-17-7-5(11(13)14)2-4(8(9)12)3-6(7)18(10,15)16/h2-3H,1H3,(H2,9,12)(H2,10,15,16). The minimum absolute atomic E-state index is 0.355. The third kappa shape index (κ3) is 2.55. The lowest BCUT2D eigenvalue weighted by Gasteiger charge is -2.08. The van der Waals surface area contributed by atoms with Crippen molar-refractivity contribution in [3.05, 3.63) is 27.8 Å². The number of benzene rings is 1. The van der Waals surface area contributed by atoms with E-state index >= 15 is 0 Å². The molecule has 0 radical (unpaired) electrons. The van der Waals surface area contributed by atoms with Gasteiger partial charge >= 0.3 is 5.69 Å². The van der Waals surface area contributed by atoms with Crippen molar-refractivity contribution in [3.8, 4) is 5.75 Å². The molecule has 10 heteroatoms. The first-order valence-electron chi connectivity index (χ1n) is 4.37. The maximum absolute atomic E-state index is 11.3. The Hall–Kier alpha value is -2.20. The smallest absolute Gasteiger partial charge is 0.313 e. The topological polar surface area (TPSA) is 156 Å². The van der Waals surface area contributed by atoms with Gasteiger partial charge in [0.05, 0.1) is 12.0 Å². The molecule has 1 aromatic rings. The van der Waals surface area contributed by atoms with Crippen molar-refractivity contribution in [2.75, 3.05) is 7.11 Å². The highest BCUT2D eigenvalue weighted by molar-refractivity contribution is 7.89. The zero-order chi connectivity index (χ0) is 14.1. The van der Waals surface area contributed by atoms with E-state index in [4.69, 9.17) is 10.9 Å². The fourth-order valence-electron chi connectivity index (χ4n) is 1.28. The number of methoxy groups -OCH3 is 1. The summed E-state index contributed by atoms with van der Waals surface area (Å²) < 4.78 is 27.2. The molecule has 0 aliphatic rings. The number of carbonyl (C=O) groups is 1. The molecule has 0 unspecified atom stereocenters. The van der Waals surface area contributed by atoms with E-state index in [9.17, 15) is 23.3 Å². The van der Waals surface area contributed by atoms with Crippen LogP contribution in [0.15, 0.2) is 17.0 Å². The second kappa shape index (κ2) is 4.58. The Morgan fingerprint density at radius 3 is 2.33 bits per heavy atom. The van der Waals surface area contributed by atoms with Gasteiger partial charge in [-0.2, -0.15) is 0 Å². The van der Waals surface area contributed by atoms with Crippen molar-refractivity contribution in [3.63, 3.8) is 0 Å². The van der Waals surface area contributed by atoms with Gasteiger partial charge in [-0.25, -0.2) is 13.6 Å². The molecule has 98 valence electrons. The summed E-state index contributed by atoms with van der Waals surface area (Å²) in [4.78, 5) is 20.2. The van der Waals surface area contributed by atoms with Gasteiger partial charge in [-0.15, -0.1) is 0 Å². The fraction of sp³-hybridized carbons (Fsp3) is 0.125. The van der Waals surface area contributed by atoms with E-state index < -0.39 is 37.2 Å². The molecule has 0 aliphatic carbocycles. The molecular weight excluding hydrogens is 266 g/mol. The molecule has 1 amide bonds. The van der Waals surface area contributed by atoms with E-state index in [-0.39, 0.29) is 5.56 Å². The SMILES string of the molecule is COc1c([N+](=O)[O-])cc(C(N)=O)cc1S(N)(=O)=O. The zero-order valence-corrected chi connectivity index (χ0v) is 9.93. The molecule has 0 heterocycles. The Morgan fingerprint density at radius 2 is 2.00 bits per heavy atom. The number of amides is 1. The lowest BCUT2D eigenvalue weighted by atomic mass is 10.2. The van der Waals surface area contributed by atoms with E-state index in [2.05, 4.69) is 4.74 Å². The van der Waals surface area contributed by atoms with Crippen molar-refractivity contribution in [1.29, 1.82) is 0 Å². The molecule has 0 bridgehead atoms. The van der Waals surface area contributed by atoms with E-state index in [0.717, 1.165) is 19.2 Å². The first kappa shape index (κ1) is 13.9. The molecular formula is C8H9N3O6S. The van der Waals surface area contributed by atoms with Crippen LogP contribution in [0.4, 0.5) is 5.69 Å². The van der Waals surface area contributed by atoms with Crippen molar-refractivity contribution in [2.45, 2.75) is 4.90 Å². The van der Waals surface area contributed by atoms with E-state index in [0.29, 0.717) is 0 Å². The first-order valence-corrected chi connectivity index (χ1v) is 5.92. The molecule has 1 rings (SSSR count). The number of sulfonamides is 1. The quantitative estimate of drug-likeness (QED) is 0.549. The summed E-state index contributed by atoms with van der Waals surface area (Å²) in [6.07, 6.45) is 0. The summed E-state index contributed by atoms with van der Waals surface area (Å²) in [6.45, 7) is 0. The Bertz CT molecular complexity index is 624. The summed E-state index contributed by atoms with van der Waals surface area (Å²) >= 11 is 0. The maximum Gasteiger partial charge on any atom is 0.313 e. The van der Waals surface area contributed by atoms with Crippen LogP contribution in [-0.2, 0) is 10.0 Å². The van der Waals surface area contributed by atoms with E-state index in [1.165, 1.54) is 0 Å². The van der Waals surface area contributed by atoms with E-state index in [1.807, 2.05) is 0 Å². The van der Waals surface area contributed by atoms with E-state index in [1.54, 1.807) is 0 Å². The normalized spacial score (nSPS) is 11.0. The number of nitrogens with zero attached hydrogens (tertiary/aromatic N) is 1. The van der Waals surface area contributed by atoms with Crippen molar-refractivity contribution < 1.29 is 22.9 Å². The predicted molar refractivity (Wildman–Crippen MR) is 59.5 cm³/mol. The molecule has 9 nitrogen and oxygen atoms in total. The number of rotatable bonds is 4. The molecule has 0 aliphatic heterocycles.